The molecule has 20 heavy (non-hydrogen) atoms. The van der Waals surface area contributed by atoms with Crippen LogP contribution in [0, 0.1) is 5.82 Å². The third-order valence-corrected chi connectivity index (χ3v) is 3.57. The topological polar surface area (TPSA) is 44.1 Å². The first-order valence-electron chi connectivity index (χ1n) is 6.09. The van der Waals surface area contributed by atoms with E-state index in [0.29, 0.717) is 21.3 Å². The number of carbonyl (C=O) groups is 1. The van der Waals surface area contributed by atoms with Crippen molar-refractivity contribution in [2.45, 2.75) is 25.8 Å². The third kappa shape index (κ3) is 2.96. The number of carbonyl (C=O) groups excluding carboxylic acids is 1. The average molecular weight is 364 g/mol. The number of imidazole rings is 1. The van der Waals surface area contributed by atoms with Crippen molar-refractivity contribution < 1.29 is 13.9 Å². The molecule has 0 radical (unpaired) electrons. The molecular weight excluding hydrogens is 351 g/mol. The number of aromatic nitrogens is 2. The van der Waals surface area contributed by atoms with Gasteiger partial charge in [-0.2, -0.15) is 0 Å². The molecule has 1 heterocycles. The summed E-state index contributed by atoms with van der Waals surface area (Å²) in [5, 5.41) is -0.404. The van der Waals surface area contributed by atoms with Gasteiger partial charge in [-0.15, -0.1) is 11.6 Å². The fourth-order valence-electron chi connectivity index (χ4n) is 1.94. The minimum Gasteiger partial charge on any atom is -0.465 e. The summed E-state index contributed by atoms with van der Waals surface area (Å²) in [6, 6.07) is 2.89. The van der Waals surface area contributed by atoms with Crippen molar-refractivity contribution in [2.75, 3.05) is 6.61 Å². The van der Waals surface area contributed by atoms with Gasteiger partial charge in [-0.25, -0.2) is 9.37 Å². The van der Waals surface area contributed by atoms with E-state index in [1.54, 1.807) is 24.5 Å². The van der Waals surface area contributed by atoms with Crippen molar-refractivity contribution in [3.05, 3.63) is 28.2 Å². The molecule has 0 fully saturated rings. The van der Waals surface area contributed by atoms with E-state index in [1.165, 1.54) is 6.07 Å². The average Bonchev–Trinajstić information content (AvgIpc) is 2.69. The van der Waals surface area contributed by atoms with Crippen LogP contribution in [-0.4, -0.2) is 22.1 Å². The van der Waals surface area contributed by atoms with E-state index < -0.39 is 17.2 Å². The van der Waals surface area contributed by atoms with Gasteiger partial charge in [0, 0.05) is 6.07 Å². The molecule has 0 aliphatic rings. The molecule has 0 bridgehead atoms. The molecule has 0 aliphatic carbocycles. The summed E-state index contributed by atoms with van der Waals surface area (Å²) < 4.78 is 20.5. The first-order valence-corrected chi connectivity index (χ1v) is 7.31. The van der Waals surface area contributed by atoms with Gasteiger partial charge in [-0.05, 0) is 35.8 Å². The zero-order valence-electron chi connectivity index (χ0n) is 11.0. The summed E-state index contributed by atoms with van der Waals surface area (Å²) in [7, 11) is 0. The number of alkyl halides is 1. The molecular formula is C13H13BrClFN2O2. The highest BCUT2D eigenvalue weighted by atomic mass is 79.9. The van der Waals surface area contributed by atoms with Crippen molar-refractivity contribution in [1.82, 2.24) is 9.55 Å². The number of halogens is 3. The van der Waals surface area contributed by atoms with Crippen LogP contribution in [0.4, 0.5) is 4.39 Å². The number of hydrogen-bond acceptors (Lipinski definition) is 3. The largest absolute Gasteiger partial charge is 0.465 e. The van der Waals surface area contributed by atoms with Crippen LogP contribution in [0.15, 0.2) is 16.6 Å². The monoisotopic (exact) mass is 362 g/mol. The van der Waals surface area contributed by atoms with Crippen molar-refractivity contribution in [3.8, 4) is 0 Å². The molecule has 7 heteroatoms. The van der Waals surface area contributed by atoms with Crippen LogP contribution in [0.25, 0.3) is 11.0 Å². The molecule has 0 saturated carbocycles. The molecule has 1 unspecified atom stereocenters. The van der Waals surface area contributed by atoms with E-state index in [9.17, 15) is 9.18 Å². The number of rotatable bonds is 4. The molecule has 0 saturated heterocycles. The maximum absolute atomic E-state index is 13.7. The number of benzene rings is 1. The van der Waals surface area contributed by atoms with Crippen LogP contribution in [-0.2, 0) is 16.1 Å². The highest BCUT2D eigenvalue weighted by molar-refractivity contribution is 9.10. The van der Waals surface area contributed by atoms with Gasteiger partial charge in [-0.3, -0.25) is 4.79 Å². The van der Waals surface area contributed by atoms with Gasteiger partial charge in [-0.1, -0.05) is 0 Å². The Labute approximate surface area is 129 Å². The summed E-state index contributed by atoms with van der Waals surface area (Å²) >= 11 is 9.19. The van der Waals surface area contributed by atoms with Crippen LogP contribution >= 0.6 is 27.5 Å². The summed E-state index contributed by atoms with van der Waals surface area (Å²) in [4.78, 5) is 16.0. The Morgan fingerprint density at radius 3 is 2.90 bits per heavy atom. The minimum atomic E-state index is -0.420. The Morgan fingerprint density at radius 2 is 2.30 bits per heavy atom. The Balaban J connectivity index is 2.56. The van der Waals surface area contributed by atoms with Crippen LogP contribution in [0.2, 0.25) is 0 Å². The second kappa shape index (κ2) is 6.10. The second-order valence-corrected chi connectivity index (χ2v) is 5.74. The highest BCUT2D eigenvalue weighted by Gasteiger charge is 2.19. The minimum absolute atomic E-state index is 0.0438. The lowest BCUT2D eigenvalue weighted by Crippen LogP contribution is -2.15. The molecule has 1 aromatic heterocycles. The van der Waals surface area contributed by atoms with Crippen LogP contribution in [0.1, 0.15) is 25.0 Å². The maximum atomic E-state index is 13.7. The van der Waals surface area contributed by atoms with Crippen molar-refractivity contribution in [3.63, 3.8) is 0 Å². The van der Waals surface area contributed by atoms with Gasteiger partial charge < -0.3 is 9.30 Å². The molecule has 1 atom stereocenters. The van der Waals surface area contributed by atoms with Crippen LogP contribution in [0.5, 0.6) is 0 Å². The normalized spacial score (nSPS) is 12.7. The lowest BCUT2D eigenvalue weighted by Gasteiger charge is -2.09. The SMILES string of the molecule is CCOC(=O)Cn1c(C(C)Cl)nc2cc(Br)c(F)cc21. The Kier molecular flexibility index (Phi) is 4.65. The fourth-order valence-corrected chi connectivity index (χ4v) is 2.44. The smallest absolute Gasteiger partial charge is 0.326 e. The van der Waals surface area contributed by atoms with E-state index in [4.69, 9.17) is 16.3 Å². The van der Waals surface area contributed by atoms with Gasteiger partial charge in [0.05, 0.1) is 27.5 Å². The lowest BCUT2D eigenvalue weighted by molar-refractivity contribution is -0.143. The summed E-state index contributed by atoms with van der Waals surface area (Å²) in [5.41, 5.74) is 1.09. The first kappa shape index (κ1) is 15.3. The molecule has 2 rings (SSSR count). The van der Waals surface area contributed by atoms with E-state index in [1.807, 2.05) is 0 Å². The fraction of sp³-hybridized carbons (Fsp3) is 0.385. The van der Waals surface area contributed by atoms with Crippen molar-refractivity contribution >= 4 is 44.5 Å². The number of esters is 1. The second-order valence-electron chi connectivity index (χ2n) is 4.23. The number of ether oxygens (including phenoxy) is 1. The standard InChI is InChI=1S/C13H13BrClFN2O2/c1-3-20-12(19)6-18-11-5-9(16)8(14)4-10(11)17-13(18)7(2)15/h4-5,7H,3,6H2,1-2H3. The van der Waals surface area contributed by atoms with Gasteiger partial charge in [0.25, 0.3) is 0 Å². The van der Waals surface area contributed by atoms with Gasteiger partial charge in [0.2, 0.25) is 0 Å². The van der Waals surface area contributed by atoms with Gasteiger partial charge >= 0.3 is 5.97 Å². The molecule has 0 aliphatic heterocycles. The zero-order chi connectivity index (χ0) is 14.9. The molecule has 108 valence electrons. The lowest BCUT2D eigenvalue weighted by atomic mass is 10.3. The van der Waals surface area contributed by atoms with Crippen molar-refractivity contribution in [1.29, 1.82) is 0 Å². The first-order chi connectivity index (χ1) is 9.43. The summed E-state index contributed by atoms with van der Waals surface area (Å²) in [5.74, 6) is -0.322. The highest BCUT2D eigenvalue weighted by Crippen LogP contribution is 2.28. The number of hydrogen-bond donors (Lipinski definition) is 0. The predicted octanol–water partition coefficient (Wildman–Crippen LogP) is 3.80. The molecule has 4 nitrogen and oxygen atoms in total. The Hall–Kier alpha value is -1.14. The zero-order valence-corrected chi connectivity index (χ0v) is 13.3. The molecule has 1 aromatic carbocycles. The predicted molar refractivity (Wildman–Crippen MR) is 78.3 cm³/mol. The summed E-state index contributed by atoms with van der Waals surface area (Å²) in [6.45, 7) is 3.72. The van der Waals surface area contributed by atoms with E-state index >= 15 is 0 Å². The maximum Gasteiger partial charge on any atom is 0.326 e. The molecule has 0 amide bonds. The molecule has 2 aromatic rings. The summed E-state index contributed by atoms with van der Waals surface area (Å²) in [6.07, 6.45) is 0. The Morgan fingerprint density at radius 1 is 1.60 bits per heavy atom. The van der Waals surface area contributed by atoms with Crippen molar-refractivity contribution in [2.24, 2.45) is 0 Å². The Bertz CT molecular complexity index is 657. The van der Waals surface area contributed by atoms with Gasteiger partial charge in [0.15, 0.2) is 0 Å². The third-order valence-electron chi connectivity index (χ3n) is 2.77. The van der Waals surface area contributed by atoms with E-state index in [0.717, 1.165) is 0 Å². The van der Waals surface area contributed by atoms with Gasteiger partial charge in [0.1, 0.15) is 18.2 Å². The molecule has 0 N–H and O–H groups in total. The van der Waals surface area contributed by atoms with Crippen LogP contribution in [0.3, 0.4) is 0 Å². The quantitative estimate of drug-likeness (QED) is 0.613. The van der Waals surface area contributed by atoms with E-state index in [-0.39, 0.29) is 13.2 Å². The van der Waals surface area contributed by atoms with E-state index in [2.05, 4.69) is 20.9 Å². The number of nitrogens with zero attached hydrogens (tertiary/aromatic N) is 2. The van der Waals surface area contributed by atoms with Crippen LogP contribution < -0.4 is 0 Å². The molecule has 0 spiro atoms. The number of fused-ring (bicyclic) bond motifs is 1.